The lowest BCUT2D eigenvalue weighted by Crippen LogP contribution is -2.05. The third-order valence-electron chi connectivity index (χ3n) is 1.24. The fourth-order valence-corrected chi connectivity index (χ4v) is 0.994. The van der Waals surface area contributed by atoms with Gasteiger partial charge in [-0.1, -0.05) is 11.6 Å². The van der Waals surface area contributed by atoms with E-state index in [1.54, 1.807) is 0 Å². The normalized spacial score (nSPS) is 10.3. The maximum Gasteiger partial charge on any atom is 0.417 e. The third-order valence-corrected chi connectivity index (χ3v) is 1.55. The molecule has 0 aromatic heterocycles. The standard InChI is InChI=1S/C7H3ClF4.CH3NO2/c8-6-3-4(9)1-2-5(6)7(10,11)12;2-1(3)4/h1-3H;2H2,(H,3,4). The first-order valence-corrected chi connectivity index (χ1v) is 4.03. The van der Waals surface area contributed by atoms with Gasteiger partial charge in [0.15, 0.2) is 0 Å². The van der Waals surface area contributed by atoms with Crippen molar-refractivity contribution in [1.82, 2.24) is 0 Å². The van der Waals surface area contributed by atoms with E-state index in [1.807, 2.05) is 0 Å². The van der Waals surface area contributed by atoms with Crippen LogP contribution in [0.25, 0.3) is 0 Å². The summed E-state index contributed by atoms with van der Waals surface area (Å²) in [4.78, 5) is 8.78. The van der Waals surface area contributed by atoms with Gasteiger partial charge >= 0.3 is 12.3 Å². The highest BCUT2D eigenvalue weighted by molar-refractivity contribution is 6.31. The molecule has 8 heteroatoms. The number of carboxylic acid groups (broad SMARTS) is 1. The zero-order chi connectivity index (χ0) is 12.9. The summed E-state index contributed by atoms with van der Waals surface area (Å²) in [6.07, 6.45) is -5.86. The first kappa shape index (κ1) is 14.5. The van der Waals surface area contributed by atoms with Crippen molar-refractivity contribution in [3.63, 3.8) is 0 Å². The molecule has 3 nitrogen and oxygen atoms in total. The largest absolute Gasteiger partial charge is 0.465 e. The molecule has 0 bridgehead atoms. The molecule has 1 aromatic carbocycles. The Bertz CT molecular complexity index is 377. The summed E-state index contributed by atoms with van der Waals surface area (Å²) in [6.45, 7) is 0. The Morgan fingerprint density at radius 3 is 2.12 bits per heavy atom. The number of amides is 1. The number of rotatable bonds is 0. The number of halogens is 5. The Morgan fingerprint density at radius 2 is 1.81 bits per heavy atom. The van der Waals surface area contributed by atoms with Crippen molar-refractivity contribution in [1.29, 1.82) is 0 Å². The second-order valence-electron chi connectivity index (χ2n) is 2.46. The van der Waals surface area contributed by atoms with E-state index >= 15 is 0 Å². The summed E-state index contributed by atoms with van der Waals surface area (Å²) >= 11 is 5.15. The molecular weight excluding hydrogens is 254 g/mol. The van der Waals surface area contributed by atoms with Crippen LogP contribution in [0.15, 0.2) is 18.2 Å². The monoisotopic (exact) mass is 259 g/mol. The van der Waals surface area contributed by atoms with Gasteiger partial charge in [-0.3, -0.25) is 0 Å². The molecule has 0 aliphatic carbocycles. The number of hydrogen-bond donors (Lipinski definition) is 2. The van der Waals surface area contributed by atoms with Gasteiger partial charge in [0.05, 0.1) is 10.6 Å². The average molecular weight is 260 g/mol. The van der Waals surface area contributed by atoms with Gasteiger partial charge in [-0.25, -0.2) is 9.18 Å². The lowest BCUT2D eigenvalue weighted by Gasteiger charge is -2.07. The molecule has 90 valence electrons. The maximum atomic E-state index is 12.3. The fraction of sp³-hybridized carbons (Fsp3) is 0.125. The highest BCUT2D eigenvalue weighted by atomic mass is 35.5. The summed E-state index contributed by atoms with van der Waals surface area (Å²) in [5.74, 6) is -0.784. The van der Waals surface area contributed by atoms with E-state index in [-0.39, 0.29) is 0 Å². The first-order chi connectivity index (χ1) is 7.14. The summed E-state index contributed by atoms with van der Waals surface area (Å²) < 4.78 is 48.2. The van der Waals surface area contributed by atoms with Crippen LogP contribution in [0.3, 0.4) is 0 Å². The van der Waals surface area contributed by atoms with Crippen LogP contribution in [0.1, 0.15) is 5.56 Å². The molecule has 16 heavy (non-hydrogen) atoms. The van der Waals surface area contributed by atoms with Gasteiger partial charge < -0.3 is 10.8 Å². The predicted molar refractivity (Wildman–Crippen MR) is 48.6 cm³/mol. The quantitative estimate of drug-likeness (QED) is 0.703. The molecule has 1 rings (SSSR count). The molecule has 0 unspecified atom stereocenters. The number of alkyl halides is 3. The van der Waals surface area contributed by atoms with Crippen molar-refractivity contribution in [2.24, 2.45) is 5.73 Å². The van der Waals surface area contributed by atoms with Crippen molar-refractivity contribution in [3.8, 4) is 0 Å². The van der Waals surface area contributed by atoms with Crippen LogP contribution >= 0.6 is 11.6 Å². The van der Waals surface area contributed by atoms with Crippen LogP contribution in [-0.2, 0) is 6.18 Å². The van der Waals surface area contributed by atoms with Crippen molar-refractivity contribution >= 4 is 17.7 Å². The summed E-state index contributed by atoms with van der Waals surface area (Å²) in [7, 11) is 0. The van der Waals surface area contributed by atoms with Crippen molar-refractivity contribution in [3.05, 3.63) is 34.6 Å². The summed E-state index contributed by atoms with van der Waals surface area (Å²) in [5.41, 5.74) is 3.01. The fourth-order valence-electron chi connectivity index (χ4n) is 0.719. The number of carbonyl (C=O) groups is 1. The lowest BCUT2D eigenvalue weighted by molar-refractivity contribution is -0.137. The van der Waals surface area contributed by atoms with Crippen LogP contribution in [0, 0.1) is 5.82 Å². The molecule has 0 saturated heterocycles. The van der Waals surface area contributed by atoms with E-state index in [4.69, 9.17) is 21.5 Å². The molecule has 1 amide bonds. The number of hydrogen-bond acceptors (Lipinski definition) is 1. The van der Waals surface area contributed by atoms with Gasteiger partial charge in [0, 0.05) is 0 Å². The summed E-state index contributed by atoms with van der Waals surface area (Å²) in [5, 5.41) is 6.57. The van der Waals surface area contributed by atoms with E-state index in [0.29, 0.717) is 18.2 Å². The van der Waals surface area contributed by atoms with Crippen molar-refractivity contribution in [2.75, 3.05) is 0 Å². The van der Waals surface area contributed by atoms with Gasteiger partial charge in [-0.2, -0.15) is 13.2 Å². The van der Waals surface area contributed by atoms with E-state index in [2.05, 4.69) is 5.73 Å². The predicted octanol–water partition coefficient (Wildman–Crippen LogP) is 3.12. The van der Waals surface area contributed by atoms with Crippen LogP contribution in [0.5, 0.6) is 0 Å². The minimum absolute atomic E-state index is 0.609. The SMILES string of the molecule is Fc1ccc(C(F)(F)F)c(Cl)c1.NC(=O)O. The molecule has 1 aromatic rings. The Kier molecular flexibility index (Phi) is 5.03. The minimum Gasteiger partial charge on any atom is -0.465 e. The molecule has 0 aliphatic rings. The maximum absolute atomic E-state index is 12.3. The van der Waals surface area contributed by atoms with E-state index in [0.717, 1.165) is 0 Å². The second-order valence-corrected chi connectivity index (χ2v) is 2.87. The highest BCUT2D eigenvalue weighted by Crippen LogP contribution is 2.34. The minimum atomic E-state index is -4.52. The summed E-state index contributed by atoms with van der Waals surface area (Å²) in [6, 6.07) is 1.96. The Hall–Kier alpha value is -1.50. The van der Waals surface area contributed by atoms with Gasteiger partial charge in [0.25, 0.3) is 0 Å². The third kappa shape index (κ3) is 5.40. The highest BCUT2D eigenvalue weighted by Gasteiger charge is 2.32. The molecule has 0 radical (unpaired) electrons. The van der Waals surface area contributed by atoms with Crippen molar-refractivity contribution < 1.29 is 27.5 Å². The zero-order valence-corrected chi connectivity index (χ0v) is 8.31. The van der Waals surface area contributed by atoms with Crippen LogP contribution in [0.2, 0.25) is 5.02 Å². The number of benzene rings is 1. The van der Waals surface area contributed by atoms with E-state index in [9.17, 15) is 17.6 Å². The molecule has 0 fully saturated rings. The number of nitrogens with two attached hydrogens (primary N) is 1. The smallest absolute Gasteiger partial charge is 0.417 e. The van der Waals surface area contributed by atoms with Gasteiger partial charge in [0.2, 0.25) is 0 Å². The van der Waals surface area contributed by atoms with E-state index in [1.165, 1.54) is 0 Å². The van der Waals surface area contributed by atoms with Crippen LogP contribution < -0.4 is 5.73 Å². The molecule has 0 saturated carbocycles. The Labute approximate surface area is 92.4 Å². The molecule has 0 aliphatic heterocycles. The molecule has 3 N–H and O–H groups in total. The van der Waals surface area contributed by atoms with E-state index < -0.39 is 28.7 Å². The van der Waals surface area contributed by atoms with Crippen molar-refractivity contribution in [2.45, 2.75) is 6.18 Å². The van der Waals surface area contributed by atoms with Crippen LogP contribution in [0.4, 0.5) is 22.4 Å². The Balaban J connectivity index is 0.000000487. The topological polar surface area (TPSA) is 63.3 Å². The second kappa shape index (κ2) is 5.55. The van der Waals surface area contributed by atoms with Gasteiger partial charge in [-0.05, 0) is 18.2 Å². The molecule has 0 spiro atoms. The van der Waals surface area contributed by atoms with Crippen LogP contribution in [-0.4, -0.2) is 11.2 Å². The number of primary amides is 1. The molecule has 0 atom stereocenters. The molecule has 0 heterocycles. The molecular formula is C8H6ClF4NO2. The van der Waals surface area contributed by atoms with Gasteiger partial charge in [-0.15, -0.1) is 0 Å². The average Bonchev–Trinajstić information content (AvgIpc) is 1.99. The lowest BCUT2D eigenvalue weighted by atomic mass is 10.2. The van der Waals surface area contributed by atoms with Gasteiger partial charge in [0.1, 0.15) is 5.82 Å². The Morgan fingerprint density at radius 1 is 1.38 bits per heavy atom. The zero-order valence-electron chi connectivity index (χ0n) is 7.55. The first-order valence-electron chi connectivity index (χ1n) is 3.65.